The number of likely N-dealkylation sites (tertiary alicyclic amines) is 1. The minimum Gasteiger partial charge on any atom is -0.304 e. The molecule has 1 rings (SSSR count). The molecule has 68 valence electrons. The first-order valence-electron chi connectivity index (χ1n) is 4.98. The number of nitrogens with zero attached hydrogens (tertiary/aromatic N) is 1. The third-order valence-corrected chi connectivity index (χ3v) is 2.72. The van der Waals surface area contributed by atoms with E-state index in [0.717, 1.165) is 12.3 Å². The number of hydrogen-bond donors (Lipinski definition) is 0. The van der Waals surface area contributed by atoms with Crippen molar-refractivity contribution in [3.05, 3.63) is 0 Å². The lowest BCUT2D eigenvalue weighted by Crippen LogP contribution is -2.33. The first-order chi connectivity index (χ1) is 5.86. The number of piperidine rings is 1. The summed E-state index contributed by atoms with van der Waals surface area (Å²) in [5.74, 6) is 7.03. The second-order valence-electron chi connectivity index (χ2n) is 3.51. The van der Waals surface area contributed by atoms with Crippen molar-refractivity contribution >= 4 is 0 Å². The van der Waals surface area contributed by atoms with E-state index in [4.69, 9.17) is 0 Å². The Bertz CT molecular complexity index is 167. The van der Waals surface area contributed by atoms with Gasteiger partial charge in [0.15, 0.2) is 0 Å². The molecule has 1 nitrogen and oxygen atoms in total. The normalized spacial score (nSPS) is 20.2. The largest absolute Gasteiger partial charge is 0.304 e. The van der Waals surface area contributed by atoms with Gasteiger partial charge in [0.1, 0.15) is 0 Å². The van der Waals surface area contributed by atoms with Crippen LogP contribution >= 0.6 is 0 Å². The van der Waals surface area contributed by atoms with Crippen LogP contribution in [0, 0.1) is 17.8 Å². The summed E-state index contributed by atoms with van der Waals surface area (Å²) in [6.07, 6.45) is 3.82. The Hall–Kier alpha value is -0.480. The van der Waals surface area contributed by atoms with Crippen LogP contribution in [0.1, 0.15) is 33.1 Å². The van der Waals surface area contributed by atoms with Crippen molar-refractivity contribution in [1.82, 2.24) is 4.90 Å². The fraction of sp³-hybridized carbons (Fsp3) is 0.818. The lowest BCUT2D eigenvalue weighted by molar-refractivity contribution is 0.194. The van der Waals surface area contributed by atoms with E-state index in [9.17, 15) is 0 Å². The van der Waals surface area contributed by atoms with Gasteiger partial charge in [-0.1, -0.05) is 6.92 Å². The van der Waals surface area contributed by atoms with E-state index in [1.807, 2.05) is 6.92 Å². The van der Waals surface area contributed by atoms with Crippen LogP contribution in [-0.2, 0) is 0 Å². The van der Waals surface area contributed by atoms with Crippen molar-refractivity contribution in [2.24, 2.45) is 5.92 Å². The Labute approximate surface area is 76.1 Å². The first kappa shape index (κ1) is 9.61. The zero-order valence-corrected chi connectivity index (χ0v) is 8.27. The van der Waals surface area contributed by atoms with Gasteiger partial charge in [0, 0.05) is 6.42 Å². The van der Waals surface area contributed by atoms with Gasteiger partial charge in [0.2, 0.25) is 0 Å². The van der Waals surface area contributed by atoms with Crippen molar-refractivity contribution in [3.8, 4) is 11.8 Å². The molecule has 0 aromatic carbocycles. The summed E-state index contributed by atoms with van der Waals surface area (Å²) < 4.78 is 0. The summed E-state index contributed by atoms with van der Waals surface area (Å²) in [4.78, 5) is 2.52. The molecule has 0 bridgehead atoms. The maximum atomic E-state index is 3.18. The van der Waals surface area contributed by atoms with Crippen LogP contribution in [0.3, 0.4) is 0 Å². The van der Waals surface area contributed by atoms with Crippen LogP contribution < -0.4 is 0 Å². The van der Waals surface area contributed by atoms with E-state index < -0.39 is 0 Å². The molecule has 0 aromatic rings. The van der Waals surface area contributed by atoms with E-state index in [0.29, 0.717) is 0 Å². The molecule has 1 aliphatic heterocycles. The fourth-order valence-corrected chi connectivity index (χ4v) is 1.75. The Kier molecular flexibility index (Phi) is 4.18. The highest BCUT2D eigenvalue weighted by atomic mass is 15.1. The average molecular weight is 165 g/mol. The monoisotopic (exact) mass is 165 g/mol. The maximum Gasteiger partial charge on any atom is 0.0118 e. The summed E-state index contributed by atoms with van der Waals surface area (Å²) in [5.41, 5.74) is 0. The Balaban J connectivity index is 2.20. The van der Waals surface area contributed by atoms with Crippen molar-refractivity contribution < 1.29 is 0 Å². The number of rotatable bonds is 2. The molecule has 12 heavy (non-hydrogen) atoms. The maximum absolute atomic E-state index is 3.18. The van der Waals surface area contributed by atoms with Gasteiger partial charge in [-0.25, -0.2) is 0 Å². The lowest BCUT2D eigenvalue weighted by Gasteiger charge is -2.29. The predicted octanol–water partition coefficient (Wildman–Crippen LogP) is 2.13. The van der Waals surface area contributed by atoms with Crippen molar-refractivity contribution in [3.63, 3.8) is 0 Å². The van der Waals surface area contributed by atoms with Crippen molar-refractivity contribution in [2.75, 3.05) is 19.6 Å². The van der Waals surface area contributed by atoms with Gasteiger partial charge in [0.05, 0.1) is 0 Å². The standard InChI is InChI=1S/C11H19N/c1-3-5-6-11-7-9-12(4-2)10-8-11/h11H,4,6-10H2,1-2H3. The molecule has 0 atom stereocenters. The molecule has 1 aliphatic rings. The van der Waals surface area contributed by atoms with Crippen LogP contribution in [0.4, 0.5) is 0 Å². The molecule has 0 unspecified atom stereocenters. The molecule has 0 N–H and O–H groups in total. The zero-order chi connectivity index (χ0) is 8.81. The molecule has 0 aliphatic carbocycles. The minimum atomic E-state index is 0.875. The van der Waals surface area contributed by atoms with Crippen LogP contribution in [0.25, 0.3) is 0 Å². The van der Waals surface area contributed by atoms with Crippen LogP contribution in [-0.4, -0.2) is 24.5 Å². The van der Waals surface area contributed by atoms with Gasteiger partial charge in [-0.05, 0) is 45.3 Å². The summed E-state index contributed by atoms with van der Waals surface area (Å²) in [6, 6.07) is 0. The van der Waals surface area contributed by atoms with Crippen LogP contribution in [0.5, 0.6) is 0 Å². The third kappa shape index (κ3) is 2.87. The fourth-order valence-electron chi connectivity index (χ4n) is 1.75. The summed E-state index contributed by atoms with van der Waals surface area (Å²) in [5, 5.41) is 0. The molecule has 1 heteroatoms. The third-order valence-electron chi connectivity index (χ3n) is 2.72. The van der Waals surface area contributed by atoms with Gasteiger partial charge < -0.3 is 4.90 Å². The second-order valence-corrected chi connectivity index (χ2v) is 3.51. The zero-order valence-electron chi connectivity index (χ0n) is 8.27. The molecule has 1 saturated heterocycles. The molecule has 1 fully saturated rings. The van der Waals surface area contributed by atoms with Crippen LogP contribution in [0.15, 0.2) is 0 Å². The molecule has 0 spiro atoms. The average Bonchev–Trinajstić information content (AvgIpc) is 2.15. The first-order valence-corrected chi connectivity index (χ1v) is 4.98. The number of hydrogen-bond acceptors (Lipinski definition) is 1. The van der Waals surface area contributed by atoms with Gasteiger partial charge in [-0.2, -0.15) is 0 Å². The van der Waals surface area contributed by atoms with Gasteiger partial charge in [-0.3, -0.25) is 0 Å². The minimum absolute atomic E-state index is 0.875. The highest BCUT2D eigenvalue weighted by Gasteiger charge is 2.16. The SMILES string of the molecule is CC#CCC1CCN(CC)CC1. The van der Waals surface area contributed by atoms with Gasteiger partial charge >= 0.3 is 0 Å². The quantitative estimate of drug-likeness (QED) is 0.567. The van der Waals surface area contributed by atoms with E-state index in [1.165, 1.54) is 32.5 Å². The summed E-state index contributed by atoms with van der Waals surface area (Å²) >= 11 is 0. The molecule has 0 amide bonds. The lowest BCUT2D eigenvalue weighted by atomic mass is 9.94. The van der Waals surface area contributed by atoms with Crippen LogP contribution in [0.2, 0.25) is 0 Å². The Morgan fingerprint density at radius 1 is 1.33 bits per heavy atom. The molecule has 0 saturated carbocycles. The highest BCUT2D eigenvalue weighted by Crippen LogP contribution is 2.19. The van der Waals surface area contributed by atoms with E-state index in [1.54, 1.807) is 0 Å². The van der Waals surface area contributed by atoms with Gasteiger partial charge in [0.25, 0.3) is 0 Å². The second kappa shape index (κ2) is 5.22. The molecule has 1 heterocycles. The van der Waals surface area contributed by atoms with E-state index in [-0.39, 0.29) is 0 Å². The predicted molar refractivity (Wildman–Crippen MR) is 52.9 cm³/mol. The van der Waals surface area contributed by atoms with Gasteiger partial charge in [-0.15, -0.1) is 11.8 Å². The van der Waals surface area contributed by atoms with E-state index in [2.05, 4.69) is 23.7 Å². The van der Waals surface area contributed by atoms with E-state index >= 15 is 0 Å². The highest BCUT2D eigenvalue weighted by molar-refractivity contribution is 4.97. The Morgan fingerprint density at radius 3 is 2.50 bits per heavy atom. The molecule has 0 radical (unpaired) electrons. The molecular formula is C11H19N. The Morgan fingerprint density at radius 2 is 2.00 bits per heavy atom. The topological polar surface area (TPSA) is 3.24 Å². The molecular weight excluding hydrogens is 146 g/mol. The summed E-state index contributed by atoms with van der Waals surface area (Å²) in [7, 11) is 0. The summed E-state index contributed by atoms with van der Waals surface area (Å²) in [6.45, 7) is 7.96. The molecule has 0 aromatic heterocycles. The van der Waals surface area contributed by atoms with Crippen molar-refractivity contribution in [1.29, 1.82) is 0 Å². The van der Waals surface area contributed by atoms with Crippen molar-refractivity contribution in [2.45, 2.75) is 33.1 Å². The smallest absolute Gasteiger partial charge is 0.0118 e.